The molecule has 0 aromatic carbocycles. The van der Waals surface area contributed by atoms with Gasteiger partial charge >= 0.3 is 41.5 Å². The number of rotatable bonds is 13. The summed E-state index contributed by atoms with van der Waals surface area (Å²) in [5.74, 6) is -2.30. The van der Waals surface area contributed by atoms with Gasteiger partial charge in [0.2, 0.25) is 0 Å². The van der Waals surface area contributed by atoms with Gasteiger partial charge in [-0.15, -0.1) is 0 Å². The van der Waals surface area contributed by atoms with Gasteiger partial charge in [0, 0.05) is 6.54 Å². The van der Waals surface area contributed by atoms with Crippen molar-refractivity contribution in [1.29, 1.82) is 0 Å². The summed E-state index contributed by atoms with van der Waals surface area (Å²) in [6.45, 7) is 2.78. The van der Waals surface area contributed by atoms with Crippen molar-refractivity contribution in [2.45, 2.75) is 83.2 Å². The second-order valence-electron chi connectivity index (χ2n) is 6.25. The fourth-order valence-electron chi connectivity index (χ4n) is 2.95. The summed E-state index contributed by atoms with van der Waals surface area (Å²) in [7, 11) is 0. The molecule has 0 aliphatic carbocycles. The van der Waals surface area contributed by atoms with E-state index in [4.69, 9.17) is 5.11 Å². The van der Waals surface area contributed by atoms with Gasteiger partial charge in [-0.2, -0.15) is 0 Å². The predicted octanol–water partition coefficient (Wildman–Crippen LogP) is 0.274. The van der Waals surface area contributed by atoms with Crippen LogP contribution in [0.1, 0.15) is 72.6 Å². The van der Waals surface area contributed by atoms with E-state index in [-0.39, 0.29) is 31.0 Å². The van der Waals surface area contributed by atoms with Gasteiger partial charge in [0.05, 0.1) is 6.34 Å². The van der Waals surface area contributed by atoms with Crippen LogP contribution < -0.4 is 29.6 Å². The zero-order valence-electron chi connectivity index (χ0n) is 16.1. The Bertz CT molecular complexity index is 410. The molecule has 1 aliphatic rings. The first kappa shape index (κ1) is 23.4. The summed E-state index contributed by atoms with van der Waals surface area (Å²) in [4.78, 5) is 27.6. The predicted molar refractivity (Wildman–Crippen MR) is 91.0 cm³/mol. The second kappa shape index (κ2) is 13.7. The minimum atomic E-state index is -1.18. The molecule has 6 nitrogen and oxygen atoms in total. The van der Waals surface area contributed by atoms with Crippen LogP contribution in [0.2, 0.25) is 0 Å². The smallest absolute Gasteiger partial charge is 1.00 e. The summed E-state index contributed by atoms with van der Waals surface area (Å²) < 4.78 is 0. The molecule has 0 fully saturated rings. The molecule has 1 rings (SSSR count). The maximum atomic E-state index is 11.2. The van der Waals surface area contributed by atoms with Crippen molar-refractivity contribution in [2.75, 3.05) is 6.54 Å². The summed E-state index contributed by atoms with van der Waals surface area (Å²) in [6.07, 6.45) is 13.5. The van der Waals surface area contributed by atoms with Crippen molar-refractivity contribution in [3.05, 3.63) is 0 Å². The Kier molecular flexibility index (Phi) is 13.3. The van der Waals surface area contributed by atoms with E-state index in [9.17, 15) is 14.7 Å². The number of aliphatic carboxylic acids is 2. The number of carboxylic acids is 2. The van der Waals surface area contributed by atoms with Crippen LogP contribution >= 0.6 is 0 Å². The standard InChI is InChI=1S/C17H30N2O4.Na.H/c1-2-3-4-5-6-7-8-9-10-11-12-19-13-18-14(16(20)21)15(19)17(22)23;;/h13-15H,2-12H2,1H3,(H,20,21)(H,22,23);;/q;+1;-1. The molecule has 134 valence electrons. The van der Waals surface area contributed by atoms with Gasteiger partial charge in [-0.1, -0.05) is 64.7 Å². The van der Waals surface area contributed by atoms with Gasteiger partial charge in [-0.3, -0.25) is 4.99 Å². The molecule has 24 heavy (non-hydrogen) atoms. The Labute approximate surface area is 168 Å². The molecule has 7 heteroatoms. The van der Waals surface area contributed by atoms with E-state index >= 15 is 0 Å². The fourth-order valence-corrected chi connectivity index (χ4v) is 2.95. The quantitative estimate of drug-likeness (QED) is 0.368. The Hall–Kier alpha value is -0.590. The normalized spacial score (nSPS) is 19.3. The van der Waals surface area contributed by atoms with Crippen LogP contribution in [-0.4, -0.2) is 52.0 Å². The summed E-state index contributed by atoms with van der Waals surface area (Å²) in [5.41, 5.74) is 0. The van der Waals surface area contributed by atoms with E-state index in [1.807, 2.05) is 0 Å². The third-order valence-electron chi connectivity index (χ3n) is 4.31. The first-order valence-electron chi connectivity index (χ1n) is 8.82. The average Bonchev–Trinajstić information content (AvgIpc) is 2.93. The van der Waals surface area contributed by atoms with Crippen molar-refractivity contribution in [1.82, 2.24) is 4.90 Å². The third-order valence-corrected chi connectivity index (χ3v) is 4.31. The molecule has 0 saturated carbocycles. The Morgan fingerprint density at radius 2 is 1.46 bits per heavy atom. The molecule has 1 aliphatic heterocycles. The van der Waals surface area contributed by atoms with Crippen LogP contribution in [0.15, 0.2) is 4.99 Å². The SMILES string of the molecule is CCCCCCCCCCCCN1C=NC(C(=O)O)C1C(=O)O.[H-].[Na+]. The zero-order chi connectivity index (χ0) is 17.1. The number of carboxylic acid groups (broad SMARTS) is 2. The van der Waals surface area contributed by atoms with Crippen molar-refractivity contribution < 1.29 is 50.8 Å². The van der Waals surface area contributed by atoms with E-state index in [1.54, 1.807) is 4.90 Å². The number of carbonyl (C=O) groups is 2. The molecule has 2 unspecified atom stereocenters. The van der Waals surface area contributed by atoms with Gasteiger partial charge in [-0.05, 0) is 6.42 Å². The Morgan fingerprint density at radius 1 is 0.958 bits per heavy atom. The van der Waals surface area contributed by atoms with E-state index in [1.165, 1.54) is 51.3 Å². The first-order chi connectivity index (χ1) is 11.1. The maximum absolute atomic E-state index is 11.2. The van der Waals surface area contributed by atoms with Crippen molar-refractivity contribution in [3.63, 3.8) is 0 Å². The van der Waals surface area contributed by atoms with Gasteiger partial charge in [0.1, 0.15) is 0 Å². The number of nitrogens with zero attached hydrogens (tertiary/aromatic N) is 2. The molecule has 1 heterocycles. The summed E-state index contributed by atoms with van der Waals surface area (Å²) >= 11 is 0. The van der Waals surface area contributed by atoms with Crippen LogP contribution in [0, 0.1) is 0 Å². The van der Waals surface area contributed by atoms with Crippen LogP contribution in [0.5, 0.6) is 0 Å². The van der Waals surface area contributed by atoms with E-state index in [0.29, 0.717) is 6.54 Å². The van der Waals surface area contributed by atoms with E-state index in [0.717, 1.165) is 19.3 Å². The zero-order valence-corrected chi connectivity index (χ0v) is 17.1. The molecule has 0 bridgehead atoms. The van der Waals surface area contributed by atoms with Crippen LogP contribution in [0.3, 0.4) is 0 Å². The number of hydrogen-bond acceptors (Lipinski definition) is 4. The Morgan fingerprint density at radius 3 is 1.92 bits per heavy atom. The number of unbranched alkanes of at least 4 members (excludes halogenated alkanes) is 9. The molecule has 0 saturated heterocycles. The van der Waals surface area contributed by atoms with Crippen LogP contribution in [-0.2, 0) is 9.59 Å². The van der Waals surface area contributed by atoms with E-state index in [2.05, 4.69) is 11.9 Å². The molecular weight excluding hydrogens is 319 g/mol. The molecule has 0 spiro atoms. The van der Waals surface area contributed by atoms with E-state index < -0.39 is 24.0 Å². The van der Waals surface area contributed by atoms with Gasteiger partial charge < -0.3 is 16.5 Å². The molecule has 2 atom stereocenters. The van der Waals surface area contributed by atoms with Crippen molar-refractivity contribution in [3.8, 4) is 0 Å². The molecule has 0 radical (unpaired) electrons. The van der Waals surface area contributed by atoms with Gasteiger partial charge in [-0.25, -0.2) is 9.59 Å². The minimum Gasteiger partial charge on any atom is -1.00 e. The average molecular weight is 350 g/mol. The second-order valence-corrected chi connectivity index (χ2v) is 6.25. The molecule has 2 N–H and O–H groups in total. The van der Waals surface area contributed by atoms with Crippen LogP contribution in [0.4, 0.5) is 0 Å². The topological polar surface area (TPSA) is 90.2 Å². The van der Waals surface area contributed by atoms with Crippen molar-refractivity contribution >= 4 is 18.3 Å². The first-order valence-corrected chi connectivity index (χ1v) is 8.82. The summed E-state index contributed by atoms with van der Waals surface area (Å²) in [5, 5.41) is 18.2. The molecule has 0 aromatic rings. The number of hydrogen-bond donors (Lipinski definition) is 2. The summed E-state index contributed by atoms with van der Waals surface area (Å²) in [6, 6.07) is -2.25. The van der Waals surface area contributed by atoms with Gasteiger partial charge in [0.15, 0.2) is 12.1 Å². The van der Waals surface area contributed by atoms with Gasteiger partial charge in [0.25, 0.3) is 0 Å². The monoisotopic (exact) mass is 350 g/mol. The van der Waals surface area contributed by atoms with Crippen LogP contribution in [0.25, 0.3) is 0 Å². The molecule has 0 amide bonds. The van der Waals surface area contributed by atoms with Crippen molar-refractivity contribution in [2.24, 2.45) is 4.99 Å². The third kappa shape index (κ3) is 8.49. The minimum absolute atomic E-state index is 0. The largest absolute Gasteiger partial charge is 1.00 e. The fraction of sp³-hybridized carbons (Fsp3) is 0.824. The molecular formula is C17H31N2NaO4. The Balaban J connectivity index is 0. The maximum Gasteiger partial charge on any atom is 1.00 e. The molecule has 0 aromatic heterocycles. The number of aliphatic imine (C=N–C) groups is 1.